The summed E-state index contributed by atoms with van der Waals surface area (Å²) in [7, 11) is 0. The number of carbonyl (C=O) groups is 1. The number of aromatic nitrogens is 1. The summed E-state index contributed by atoms with van der Waals surface area (Å²) in [5.74, 6) is 0.268. The van der Waals surface area contributed by atoms with Gasteiger partial charge in [-0.1, -0.05) is 25.6 Å². The molecule has 0 aliphatic heterocycles. The summed E-state index contributed by atoms with van der Waals surface area (Å²) < 4.78 is 0.974. The highest BCUT2D eigenvalue weighted by Crippen LogP contribution is 2.27. The van der Waals surface area contributed by atoms with Gasteiger partial charge in [0.15, 0.2) is 10.1 Å². The molecule has 0 aromatic carbocycles. The largest absolute Gasteiger partial charge is 0.293 e. The Hall–Kier alpha value is -0.350. The minimum atomic E-state index is 0.0638. The second-order valence-corrected chi connectivity index (χ2v) is 5.17. The summed E-state index contributed by atoms with van der Waals surface area (Å²) in [5.41, 5.74) is 0.869. The molecule has 0 amide bonds. The third-order valence-corrected chi connectivity index (χ3v) is 3.86. The number of hydrogen-bond donors (Lipinski definition) is 0. The lowest BCUT2D eigenvalue weighted by molar-refractivity contribution is 0.0942. The Bertz CT molecular complexity index is 317. The van der Waals surface area contributed by atoms with Crippen LogP contribution in [0.5, 0.6) is 0 Å². The van der Waals surface area contributed by atoms with Crippen molar-refractivity contribution in [3.8, 4) is 0 Å². The standard InChI is InChI=1S/C9H13NOS2/c1-5(2)7(11)8-6(3)10-9(12-4)13-8/h5H,1-4H3. The highest BCUT2D eigenvalue weighted by molar-refractivity contribution is 8.00. The number of thioether (sulfide) groups is 1. The molecule has 0 aliphatic carbocycles. The van der Waals surface area contributed by atoms with Gasteiger partial charge in [0, 0.05) is 5.92 Å². The van der Waals surface area contributed by atoms with Gasteiger partial charge in [-0.25, -0.2) is 4.98 Å². The first kappa shape index (κ1) is 10.7. The summed E-state index contributed by atoms with van der Waals surface area (Å²) in [6.45, 7) is 5.73. The molecule has 0 saturated heterocycles. The minimum Gasteiger partial charge on any atom is -0.293 e. The number of ketones is 1. The van der Waals surface area contributed by atoms with Crippen molar-refractivity contribution in [2.24, 2.45) is 5.92 Å². The average molecular weight is 215 g/mol. The van der Waals surface area contributed by atoms with E-state index in [2.05, 4.69) is 4.98 Å². The Balaban J connectivity index is 3.00. The third kappa shape index (κ3) is 2.31. The van der Waals surface area contributed by atoms with Gasteiger partial charge in [0.2, 0.25) is 0 Å². The van der Waals surface area contributed by atoms with E-state index in [1.54, 1.807) is 11.8 Å². The fraction of sp³-hybridized carbons (Fsp3) is 0.556. The predicted molar refractivity (Wildman–Crippen MR) is 57.8 cm³/mol. The Labute approximate surface area is 86.8 Å². The molecule has 2 nitrogen and oxygen atoms in total. The van der Waals surface area contributed by atoms with Crippen LogP contribution in [0.2, 0.25) is 0 Å². The van der Waals surface area contributed by atoms with Gasteiger partial charge in [-0.15, -0.1) is 11.3 Å². The first-order valence-electron chi connectivity index (χ1n) is 4.12. The molecule has 1 aromatic heterocycles. The van der Waals surface area contributed by atoms with Crippen molar-refractivity contribution >= 4 is 28.9 Å². The van der Waals surface area contributed by atoms with Crippen molar-refractivity contribution < 1.29 is 4.79 Å². The molecule has 0 atom stereocenters. The lowest BCUT2D eigenvalue weighted by atomic mass is 10.1. The molecule has 0 fully saturated rings. The predicted octanol–water partition coefficient (Wildman–Crippen LogP) is 3.01. The molecule has 4 heteroatoms. The maximum Gasteiger partial charge on any atom is 0.177 e. The van der Waals surface area contributed by atoms with E-state index in [1.165, 1.54) is 11.3 Å². The summed E-state index contributed by atoms with van der Waals surface area (Å²) in [6.07, 6.45) is 1.97. The van der Waals surface area contributed by atoms with Gasteiger partial charge >= 0.3 is 0 Å². The van der Waals surface area contributed by atoms with Gasteiger partial charge < -0.3 is 0 Å². The van der Waals surface area contributed by atoms with Gasteiger partial charge in [-0.05, 0) is 13.2 Å². The zero-order chi connectivity index (χ0) is 10.0. The molecule has 1 rings (SSSR count). The molecule has 1 aromatic rings. The summed E-state index contributed by atoms with van der Waals surface area (Å²) >= 11 is 3.09. The van der Waals surface area contributed by atoms with Crippen LogP contribution in [-0.4, -0.2) is 17.0 Å². The molecule has 0 N–H and O–H groups in total. The van der Waals surface area contributed by atoms with Gasteiger partial charge in [0.1, 0.15) is 0 Å². The fourth-order valence-electron chi connectivity index (χ4n) is 0.950. The lowest BCUT2D eigenvalue weighted by Gasteiger charge is -2.00. The molecule has 0 unspecified atom stereocenters. The second kappa shape index (κ2) is 4.24. The smallest absolute Gasteiger partial charge is 0.177 e. The van der Waals surface area contributed by atoms with Crippen molar-refractivity contribution in [2.45, 2.75) is 25.1 Å². The van der Waals surface area contributed by atoms with Gasteiger partial charge in [-0.2, -0.15) is 0 Å². The Kier molecular flexibility index (Phi) is 3.50. The van der Waals surface area contributed by atoms with Gasteiger partial charge in [0.05, 0.1) is 10.6 Å². The van der Waals surface area contributed by atoms with Crippen molar-refractivity contribution in [2.75, 3.05) is 6.26 Å². The van der Waals surface area contributed by atoms with Crippen LogP contribution in [0.4, 0.5) is 0 Å². The van der Waals surface area contributed by atoms with E-state index in [9.17, 15) is 4.79 Å². The van der Waals surface area contributed by atoms with Crippen LogP contribution in [0.25, 0.3) is 0 Å². The van der Waals surface area contributed by atoms with E-state index in [4.69, 9.17) is 0 Å². The Morgan fingerprint density at radius 3 is 2.54 bits per heavy atom. The van der Waals surface area contributed by atoms with Crippen LogP contribution < -0.4 is 0 Å². The Morgan fingerprint density at radius 1 is 1.54 bits per heavy atom. The molecule has 1 heterocycles. The monoisotopic (exact) mass is 215 g/mol. The van der Waals surface area contributed by atoms with Crippen LogP contribution in [0.3, 0.4) is 0 Å². The topological polar surface area (TPSA) is 30.0 Å². The molecule has 0 spiro atoms. The fourth-order valence-corrected chi connectivity index (χ4v) is 2.65. The molecular formula is C9H13NOS2. The quantitative estimate of drug-likeness (QED) is 0.573. The van der Waals surface area contributed by atoms with E-state index >= 15 is 0 Å². The first-order chi connectivity index (χ1) is 6.06. The molecule has 0 saturated carbocycles. The number of thiazole rings is 1. The average Bonchev–Trinajstić information content (AvgIpc) is 2.45. The normalized spacial score (nSPS) is 10.8. The van der Waals surface area contributed by atoms with Crippen molar-refractivity contribution in [3.63, 3.8) is 0 Å². The molecule has 0 bridgehead atoms. The van der Waals surface area contributed by atoms with E-state index in [0.717, 1.165) is 14.9 Å². The van der Waals surface area contributed by atoms with Crippen LogP contribution >= 0.6 is 23.1 Å². The Morgan fingerprint density at radius 2 is 2.15 bits per heavy atom. The van der Waals surface area contributed by atoms with E-state index < -0.39 is 0 Å². The number of nitrogens with zero attached hydrogens (tertiary/aromatic N) is 1. The highest BCUT2D eigenvalue weighted by atomic mass is 32.2. The van der Waals surface area contributed by atoms with Crippen molar-refractivity contribution in [1.29, 1.82) is 0 Å². The van der Waals surface area contributed by atoms with Crippen LogP contribution in [-0.2, 0) is 0 Å². The summed E-state index contributed by atoms with van der Waals surface area (Å²) in [4.78, 5) is 16.8. The molecule has 13 heavy (non-hydrogen) atoms. The van der Waals surface area contributed by atoms with E-state index in [0.29, 0.717) is 0 Å². The van der Waals surface area contributed by atoms with Gasteiger partial charge in [0.25, 0.3) is 0 Å². The van der Waals surface area contributed by atoms with Crippen LogP contribution in [0.1, 0.15) is 29.2 Å². The zero-order valence-electron chi connectivity index (χ0n) is 8.25. The SMILES string of the molecule is CSc1nc(C)c(C(=O)C(C)C)s1. The third-order valence-electron chi connectivity index (χ3n) is 1.70. The van der Waals surface area contributed by atoms with Gasteiger partial charge in [-0.3, -0.25) is 4.79 Å². The number of rotatable bonds is 3. The maximum absolute atomic E-state index is 11.7. The molecular weight excluding hydrogens is 202 g/mol. The summed E-state index contributed by atoms with van der Waals surface area (Å²) in [5, 5.41) is 0. The number of Topliss-reactive ketones (excluding diaryl/α,β-unsaturated/α-hetero) is 1. The maximum atomic E-state index is 11.7. The highest BCUT2D eigenvalue weighted by Gasteiger charge is 2.17. The lowest BCUT2D eigenvalue weighted by Crippen LogP contribution is -2.06. The number of aryl methyl sites for hydroxylation is 1. The van der Waals surface area contributed by atoms with Crippen molar-refractivity contribution in [3.05, 3.63) is 10.6 Å². The summed E-state index contributed by atoms with van der Waals surface area (Å²) in [6, 6.07) is 0. The van der Waals surface area contributed by atoms with E-state index in [-0.39, 0.29) is 11.7 Å². The van der Waals surface area contributed by atoms with Crippen molar-refractivity contribution in [1.82, 2.24) is 4.98 Å². The number of carbonyl (C=O) groups excluding carboxylic acids is 1. The minimum absolute atomic E-state index is 0.0638. The molecule has 72 valence electrons. The first-order valence-corrected chi connectivity index (χ1v) is 6.16. The zero-order valence-corrected chi connectivity index (χ0v) is 9.88. The number of hydrogen-bond acceptors (Lipinski definition) is 4. The van der Waals surface area contributed by atoms with Crippen LogP contribution in [0.15, 0.2) is 4.34 Å². The van der Waals surface area contributed by atoms with Crippen LogP contribution in [0, 0.1) is 12.8 Å². The molecule has 0 radical (unpaired) electrons. The molecule has 0 aliphatic rings. The van der Waals surface area contributed by atoms with E-state index in [1.807, 2.05) is 27.0 Å². The second-order valence-electron chi connectivity index (χ2n) is 3.12.